The third kappa shape index (κ3) is 3.33. The maximum Gasteiger partial charge on any atom is 0.172 e. The lowest BCUT2D eigenvalue weighted by atomic mass is 10.0. The van der Waals surface area contributed by atoms with E-state index in [1.165, 1.54) is 18.2 Å². The summed E-state index contributed by atoms with van der Waals surface area (Å²) in [5, 5.41) is 0. The van der Waals surface area contributed by atoms with E-state index in [2.05, 4.69) is 0 Å². The molecule has 2 aromatic rings. The molecule has 0 bridgehead atoms. The Balaban J connectivity index is 0.000000136. The number of ketones is 1. The molecular formula is C18H16F2O3. The van der Waals surface area contributed by atoms with Gasteiger partial charge in [0.2, 0.25) is 0 Å². The zero-order chi connectivity index (χ0) is 16.2. The zero-order valence-electron chi connectivity index (χ0n) is 12.5. The Kier molecular flexibility index (Phi) is 4.55. The van der Waals surface area contributed by atoms with Crippen LogP contribution >= 0.6 is 0 Å². The van der Waals surface area contributed by atoms with Crippen LogP contribution in [0.4, 0.5) is 8.78 Å². The van der Waals surface area contributed by atoms with E-state index in [4.69, 9.17) is 9.47 Å². The van der Waals surface area contributed by atoms with Gasteiger partial charge in [-0.2, -0.15) is 0 Å². The molecule has 0 spiro atoms. The molecule has 0 radical (unpaired) electrons. The lowest BCUT2D eigenvalue weighted by Gasteiger charge is -2.16. The van der Waals surface area contributed by atoms with E-state index in [1.54, 1.807) is 12.1 Å². The molecule has 0 saturated heterocycles. The van der Waals surface area contributed by atoms with Gasteiger partial charge in [0.25, 0.3) is 0 Å². The number of hydrogen-bond acceptors (Lipinski definition) is 3. The summed E-state index contributed by atoms with van der Waals surface area (Å²) < 4.78 is 36.4. The third-order valence-corrected chi connectivity index (χ3v) is 3.75. The molecule has 120 valence electrons. The summed E-state index contributed by atoms with van der Waals surface area (Å²) in [6, 6.07) is 9.39. The molecule has 0 N–H and O–H groups in total. The molecule has 0 aromatic heterocycles. The number of fused-ring (bicyclic) bond motifs is 2. The van der Waals surface area contributed by atoms with Gasteiger partial charge in [-0.05, 0) is 37.1 Å². The Hall–Kier alpha value is -2.43. The van der Waals surface area contributed by atoms with E-state index in [-0.39, 0.29) is 23.6 Å². The van der Waals surface area contributed by atoms with Gasteiger partial charge < -0.3 is 9.47 Å². The lowest BCUT2D eigenvalue weighted by Crippen LogP contribution is -2.16. The molecule has 3 nitrogen and oxygen atoms in total. The number of carbonyl (C=O) groups excluding carboxylic acids is 1. The number of rotatable bonds is 0. The molecule has 4 rings (SSSR count). The van der Waals surface area contributed by atoms with Crippen LogP contribution in [0.15, 0.2) is 36.4 Å². The maximum atomic E-state index is 13.0. The van der Waals surface area contributed by atoms with Crippen LogP contribution < -0.4 is 9.47 Å². The number of benzene rings is 2. The normalized spacial score (nSPS) is 15.3. The molecule has 0 saturated carbocycles. The lowest BCUT2D eigenvalue weighted by molar-refractivity contribution is 0.0928. The van der Waals surface area contributed by atoms with Gasteiger partial charge in [0, 0.05) is 12.0 Å². The van der Waals surface area contributed by atoms with Crippen LogP contribution in [0.2, 0.25) is 0 Å². The number of Topliss-reactive ketones (excluding diaryl/α,β-unsaturated/α-hetero) is 1. The van der Waals surface area contributed by atoms with Crippen LogP contribution in [0.25, 0.3) is 0 Å². The predicted molar refractivity (Wildman–Crippen MR) is 81.1 cm³/mol. The minimum Gasteiger partial charge on any atom is -0.493 e. The summed E-state index contributed by atoms with van der Waals surface area (Å²) in [5.74, 6) is 0.288. The summed E-state index contributed by atoms with van der Waals surface area (Å²) >= 11 is 0. The fourth-order valence-electron chi connectivity index (χ4n) is 2.62. The van der Waals surface area contributed by atoms with Crippen molar-refractivity contribution in [2.75, 3.05) is 13.2 Å². The van der Waals surface area contributed by atoms with Gasteiger partial charge in [-0.15, -0.1) is 0 Å². The molecule has 2 aromatic carbocycles. The van der Waals surface area contributed by atoms with Gasteiger partial charge in [0.1, 0.15) is 23.1 Å². The molecule has 2 heterocycles. The average molecular weight is 318 g/mol. The second-order valence-corrected chi connectivity index (χ2v) is 5.30. The maximum absolute atomic E-state index is 13.0. The minimum absolute atomic E-state index is 0.101. The van der Waals surface area contributed by atoms with Gasteiger partial charge in [-0.25, -0.2) is 8.78 Å². The minimum atomic E-state index is -0.489. The van der Waals surface area contributed by atoms with Crippen molar-refractivity contribution in [2.45, 2.75) is 19.3 Å². The standard InChI is InChI=1S/C9H7FO2.C9H9FO/c10-6-2-1-3-8-9(6)7(11)4-5-12-8;10-8-4-1-5-9-7(8)3-2-6-11-9/h1-3H,4-5H2;1,4-5H,2-3,6H2. The van der Waals surface area contributed by atoms with Crippen molar-refractivity contribution in [3.05, 3.63) is 59.2 Å². The quantitative estimate of drug-likeness (QED) is 0.738. The summed E-state index contributed by atoms with van der Waals surface area (Å²) in [6.07, 6.45) is 2.00. The van der Waals surface area contributed by atoms with E-state index in [0.29, 0.717) is 12.4 Å². The topological polar surface area (TPSA) is 35.5 Å². The van der Waals surface area contributed by atoms with Gasteiger partial charge >= 0.3 is 0 Å². The number of hydrogen-bond donors (Lipinski definition) is 0. The van der Waals surface area contributed by atoms with Crippen molar-refractivity contribution in [3.8, 4) is 11.5 Å². The highest BCUT2D eigenvalue weighted by atomic mass is 19.1. The molecule has 2 aliphatic heterocycles. The van der Waals surface area contributed by atoms with Crippen LogP contribution in [0.3, 0.4) is 0 Å². The van der Waals surface area contributed by atoms with Gasteiger partial charge in [-0.3, -0.25) is 4.79 Å². The fourth-order valence-corrected chi connectivity index (χ4v) is 2.62. The second kappa shape index (κ2) is 6.77. The highest BCUT2D eigenvalue weighted by Gasteiger charge is 2.21. The van der Waals surface area contributed by atoms with Crippen molar-refractivity contribution in [1.82, 2.24) is 0 Å². The van der Waals surface area contributed by atoms with Crippen molar-refractivity contribution < 1.29 is 23.0 Å². The molecule has 0 atom stereocenters. The number of carbonyl (C=O) groups is 1. The van der Waals surface area contributed by atoms with Crippen LogP contribution in [-0.4, -0.2) is 19.0 Å². The van der Waals surface area contributed by atoms with Crippen molar-refractivity contribution in [3.63, 3.8) is 0 Å². The molecule has 0 amide bonds. The first-order valence-corrected chi connectivity index (χ1v) is 7.51. The first-order chi connectivity index (χ1) is 11.2. The highest BCUT2D eigenvalue weighted by molar-refractivity contribution is 5.99. The average Bonchev–Trinajstić information content (AvgIpc) is 2.56. The summed E-state index contributed by atoms with van der Waals surface area (Å²) in [7, 11) is 0. The van der Waals surface area contributed by atoms with Crippen LogP contribution in [0.1, 0.15) is 28.8 Å². The molecule has 2 aliphatic rings. The molecule has 5 heteroatoms. The Bertz CT molecular complexity index is 728. The van der Waals surface area contributed by atoms with E-state index < -0.39 is 5.82 Å². The van der Waals surface area contributed by atoms with Crippen LogP contribution in [0.5, 0.6) is 11.5 Å². The van der Waals surface area contributed by atoms with Gasteiger partial charge in [-0.1, -0.05) is 12.1 Å². The van der Waals surface area contributed by atoms with Gasteiger partial charge in [0.15, 0.2) is 5.78 Å². The highest BCUT2D eigenvalue weighted by Crippen LogP contribution is 2.27. The second-order valence-electron chi connectivity index (χ2n) is 5.30. The summed E-state index contributed by atoms with van der Waals surface area (Å²) in [6.45, 7) is 1.08. The Labute approximate surface area is 132 Å². The summed E-state index contributed by atoms with van der Waals surface area (Å²) in [4.78, 5) is 11.2. The van der Waals surface area contributed by atoms with E-state index >= 15 is 0 Å². The number of halogens is 2. The smallest absolute Gasteiger partial charge is 0.172 e. The van der Waals surface area contributed by atoms with E-state index in [9.17, 15) is 13.6 Å². The Morgan fingerprint density at radius 2 is 1.52 bits per heavy atom. The molecule has 0 unspecified atom stereocenters. The molecule has 0 aliphatic carbocycles. The van der Waals surface area contributed by atoms with Crippen molar-refractivity contribution in [2.24, 2.45) is 0 Å². The SMILES string of the molecule is Fc1cccc2c1CCCO2.O=C1CCOc2cccc(F)c21. The van der Waals surface area contributed by atoms with Crippen LogP contribution in [-0.2, 0) is 6.42 Å². The van der Waals surface area contributed by atoms with E-state index in [1.807, 2.05) is 6.07 Å². The molecular weight excluding hydrogens is 302 g/mol. The fraction of sp³-hybridized carbons (Fsp3) is 0.278. The summed E-state index contributed by atoms with van der Waals surface area (Å²) in [5.41, 5.74) is 0.836. The van der Waals surface area contributed by atoms with E-state index in [0.717, 1.165) is 30.8 Å². The van der Waals surface area contributed by atoms with Crippen molar-refractivity contribution >= 4 is 5.78 Å². The first-order valence-electron chi connectivity index (χ1n) is 7.51. The Morgan fingerprint density at radius 1 is 0.826 bits per heavy atom. The zero-order valence-corrected chi connectivity index (χ0v) is 12.5. The van der Waals surface area contributed by atoms with Crippen LogP contribution in [0, 0.1) is 11.6 Å². The largest absolute Gasteiger partial charge is 0.493 e. The third-order valence-electron chi connectivity index (χ3n) is 3.75. The number of ether oxygens (including phenoxy) is 2. The molecule has 23 heavy (non-hydrogen) atoms. The first kappa shape index (κ1) is 15.5. The monoisotopic (exact) mass is 318 g/mol. The predicted octanol–water partition coefficient (Wildman–Crippen LogP) is 3.94. The molecule has 0 fully saturated rings. The van der Waals surface area contributed by atoms with Gasteiger partial charge in [0.05, 0.1) is 18.8 Å². The van der Waals surface area contributed by atoms with Crippen molar-refractivity contribution in [1.29, 1.82) is 0 Å². The Morgan fingerprint density at radius 3 is 2.26 bits per heavy atom.